The second kappa shape index (κ2) is 8.43. The van der Waals surface area contributed by atoms with E-state index in [2.05, 4.69) is 25.4 Å². The summed E-state index contributed by atoms with van der Waals surface area (Å²) in [7, 11) is 0. The lowest BCUT2D eigenvalue weighted by Gasteiger charge is -2.00. The van der Waals surface area contributed by atoms with Crippen molar-refractivity contribution in [2.24, 2.45) is 0 Å². The van der Waals surface area contributed by atoms with Gasteiger partial charge in [0.05, 0.1) is 12.2 Å². The van der Waals surface area contributed by atoms with Gasteiger partial charge in [-0.2, -0.15) is 4.98 Å². The molecule has 0 spiro atoms. The molecule has 5 aromatic rings. The molecule has 8 nitrogen and oxygen atoms in total. The minimum Gasteiger partial charge on any atom is -0.441 e. The van der Waals surface area contributed by atoms with E-state index in [0.717, 1.165) is 28.3 Å². The van der Waals surface area contributed by atoms with Crippen LogP contribution in [0.5, 0.6) is 0 Å². The van der Waals surface area contributed by atoms with Gasteiger partial charge in [-0.05, 0) is 56.5 Å². The van der Waals surface area contributed by atoms with Gasteiger partial charge in [-0.15, -0.1) is 16.9 Å². The second-order valence-corrected chi connectivity index (χ2v) is 8.10. The third-order valence-corrected chi connectivity index (χ3v) is 5.92. The zero-order valence-electron chi connectivity index (χ0n) is 17.8. The first-order valence-corrected chi connectivity index (χ1v) is 11.2. The Labute approximate surface area is 188 Å². The van der Waals surface area contributed by atoms with Crippen molar-refractivity contribution in [3.8, 4) is 34.4 Å². The molecule has 0 bridgehead atoms. The van der Waals surface area contributed by atoms with Crippen LogP contribution >= 0.6 is 11.8 Å². The summed E-state index contributed by atoms with van der Waals surface area (Å²) in [4.78, 5) is 10.3. The van der Waals surface area contributed by atoms with Crippen molar-refractivity contribution < 1.29 is 8.94 Å². The molecule has 0 unspecified atom stereocenters. The zero-order chi connectivity index (χ0) is 22.1. The highest BCUT2D eigenvalue weighted by molar-refractivity contribution is 7.98. The molecule has 2 aromatic carbocycles. The summed E-state index contributed by atoms with van der Waals surface area (Å²) in [5.74, 6) is 2.18. The highest BCUT2D eigenvalue weighted by Gasteiger charge is 2.20. The lowest BCUT2D eigenvalue weighted by molar-refractivity contribution is 0.430. The van der Waals surface area contributed by atoms with E-state index in [9.17, 15) is 0 Å². The molecule has 0 saturated heterocycles. The number of hydrogen-bond acceptors (Lipinski definition) is 8. The maximum atomic E-state index is 5.86. The van der Waals surface area contributed by atoms with E-state index in [1.165, 1.54) is 4.90 Å². The predicted molar refractivity (Wildman–Crippen MR) is 121 cm³/mol. The first-order valence-electron chi connectivity index (χ1n) is 10.0. The fourth-order valence-corrected chi connectivity index (χ4v) is 3.71. The van der Waals surface area contributed by atoms with Crippen LogP contribution < -0.4 is 0 Å². The maximum absolute atomic E-state index is 5.86. The minimum atomic E-state index is 0.333. The van der Waals surface area contributed by atoms with Crippen molar-refractivity contribution in [1.82, 2.24) is 30.1 Å². The van der Waals surface area contributed by atoms with Crippen molar-refractivity contribution in [2.45, 2.75) is 25.3 Å². The van der Waals surface area contributed by atoms with Crippen molar-refractivity contribution in [2.75, 3.05) is 6.26 Å². The summed E-state index contributed by atoms with van der Waals surface area (Å²) in [6.07, 6.45) is 2.04. The second-order valence-electron chi connectivity index (χ2n) is 7.22. The Morgan fingerprint density at radius 3 is 2.44 bits per heavy atom. The summed E-state index contributed by atoms with van der Waals surface area (Å²) in [5.41, 5.74) is 3.97. The van der Waals surface area contributed by atoms with E-state index in [1.54, 1.807) is 16.4 Å². The molecule has 3 heterocycles. The van der Waals surface area contributed by atoms with E-state index in [1.807, 2.05) is 74.7 Å². The molecular formula is C23H20N6O2S. The number of aromatic nitrogens is 6. The fraction of sp³-hybridized carbons (Fsp3) is 0.174. The van der Waals surface area contributed by atoms with Crippen LogP contribution in [0.3, 0.4) is 0 Å². The van der Waals surface area contributed by atoms with Crippen molar-refractivity contribution in [3.05, 3.63) is 71.7 Å². The van der Waals surface area contributed by atoms with E-state index in [-0.39, 0.29) is 0 Å². The molecule has 5 rings (SSSR count). The third-order valence-electron chi connectivity index (χ3n) is 5.17. The van der Waals surface area contributed by atoms with E-state index < -0.39 is 0 Å². The first kappa shape index (κ1) is 20.2. The number of thioether (sulfide) groups is 1. The molecule has 0 atom stereocenters. The van der Waals surface area contributed by atoms with Gasteiger partial charge in [-0.3, -0.25) is 0 Å². The molecule has 0 aliphatic heterocycles. The predicted octanol–water partition coefficient (Wildman–Crippen LogP) is 5.04. The minimum absolute atomic E-state index is 0.333. The van der Waals surface area contributed by atoms with Crippen LogP contribution in [0.25, 0.3) is 34.4 Å². The molecule has 0 radical (unpaired) electrons. The van der Waals surface area contributed by atoms with Gasteiger partial charge in [-0.1, -0.05) is 28.6 Å². The first-order chi connectivity index (χ1) is 15.6. The lowest BCUT2D eigenvalue weighted by atomic mass is 10.2. The van der Waals surface area contributed by atoms with Crippen LogP contribution in [0.15, 0.2) is 68.4 Å². The molecule has 3 aromatic heterocycles. The van der Waals surface area contributed by atoms with Crippen LogP contribution in [0.4, 0.5) is 0 Å². The van der Waals surface area contributed by atoms with Crippen LogP contribution in [-0.2, 0) is 6.54 Å². The standard InChI is InChI=1S/C23H20N6O2S/c1-14-20(23-25-21(27-31-23)16-9-11-18(32-3)12-10-16)26-28-29(14)13-19-15(2)30-22(24-19)17-7-5-4-6-8-17/h4-12H,13H2,1-3H3. The highest BCUT2D eigenvalue weighted by atomic mass is 32.2. The van der Waals surface area contributed by atoms with Gasteiger partial charge in [0.2, 0.25) is 11.7 Å². The Kier molecular flexibility index (Phi) is 5.32. The number of benzene rings is 2. The van der Waals surface area contributed by atoms with E-state index in [4.69, 9.17) is 8.94 Å². The van der Waals surface area contributed by atoms with Crippen LogP contribution in [-0.4, -0.2) is 36.4 Å². The maximum Gasteiger partial charge on any atom is 0.280 e. The van der Waals surface area contributed by atoms with Gasteiger partial charge in [0.15, 0.2) is 5.69 Å². The van der Waals surface area contributed by atoms with Crippen molar-refractivity contribution in [1.29, 1.82) is 0 Å². The largest absolute Gasteiger partial charge is 0.441 e. The summed E-state index contributed by atoms with van der Waals surface area (Å²) in [6.45, 7) is 4.24. The number of aryl methyl sites for hydroxylation is 1. The van der Waals surface area contributed by atoms with Gasteiger partial charge < -0.3 is 8.94 Å². The Morgan fingerprint density at radius 2 is 1.69 bits per heavy atom. The molecule has 0 N–H and O–H groups in total. The summed E-state index contributed by atoms with van der Waals surface area (Å²) in [6, 6.07) is 17.8. The normalized spacial score (nSPS) is 11.2. The van der Waals surface area contributed by atoms with E-state index >= 15 is 0 Å². The van der Waals surface area contributed by atoms with E-state index in [0.29, 0.717) is 29.8 Å². The summed E-state index contributed by atoms with van der Waals surface area (Å²) >= 11 is 1.68. The topological polar surface area (TPSA) is 95.7 Å². The Bertz CT molecular complexity index is 1360. The van der Waals surface area contributed by atoms with Crippen molar-refractivity contribution >= 4 is 11.8 Å². The van der Waals surface area contributed by atoms with Crippen LogP contribution in [0.2, 0.25) is 0 Å². The molecule has 0 fully saturated rings. The Balaban J connectivity index is 1.39. The monoisotopic (exact) mass is 444 g/mol. The molecular weight excluding hydrogens is 424 g/mol. The van der Waals surface area contributed by atoms with Crippen LogP contribution in [0, 0.1) is 13.8 Å². The lowest BCUT2D eigenvalue weighted by Crippen LogP contribution is -2.05. The van der Waals surface area contributed by atoms with Gasteiger partial charge >= 0.3 is 0 Å². The quantitative estimate of drug-likeness (QED) is 0.336. The summed E-state index contributed by atoms with van der Waals surface area (Å²) in [5, 5.41) is 12.6. The molecule has 0 saturated carbocycles. The highest BCUT2D eigenvalue weighted by Crippen LogP contribution is 2.26. The third kappa shape index (κ3) is 3.82. The van der Waals surface area contributed by atoms with Gasteiger partial charge in [0.1, 0.15) is 11.5 Å². The SMILES string of the molecule is CSc1ccc(-c2noc(-c3nnn(Cc4nc(-c5ccccc5)oc4C)c3C)n2)cc1. The zero-order valence-corrected chi connectivity index (χ0v) is 18.6. The Morgan fingerprint density at radius 1 is 0.906 bits per heavy atom. The molecule has 32 heavy (non-hydrogen) atoms. The number of rotatable bonds is 6. The number of oxazole rings is 1. The summed E-state index contributed by atoms with van der Waals surface area (Å²) < 4.78 is 13.1. The molecule has 9 heteroatoms. The van der Waals surface area contributed by atoms with Gasteiger partial charge in [-0.25, -0.2) is 9.67 Å². The van der Waals surface area contributed by atoms with Crippen LogP contribution in [0.1, 0.15) is 17.1 Å². The Hall–Kier alpha value is -3.72. The molecule has 160 valence electrons. The smallest absolute Gasteiger partial charge is 0.280 e. The number of hydrogen-bond donors (Lipinski definition) is 0. The average molecular weight is 445 g/mol. The fourth-order valence-electron chi connectivity index (χ4n) is 3.31. The molecule has 0 aliphatic carbocycles. The molecule has 0 amide bonds. The van der Waals surface area contributed by atoms with Gasteiger partial charge in [0.25, 0.3) is 5.89 Å². The van der Waals surface area contributed by atoms with Crippen molar-refractivity contribution in [3.63, 3.8) is 0 Å². The molecule has 0 aliphatic rings. The van der Waals surface area contributed by atoms with Gasteiger partial charge in [0, 0.05) is 16.0 Å². The number of nitrogens with zero attached hydrogens (tertiary/aromatic N) is 6. The average Bonchev–Trinajstić information content (AvgIpc) is 3.55.